The van der Waals surface area contributed by atoms with Gasteiger partial charge in [-0.15, -0.1) is 0 Å². The van der Waals surface area contributed by atoms with Crippen molar-refractivity contribution in [2.45, 2.75) is 40.0 Å². The average Bonchev–Trinajstić information content (AvgIpc) is 2.74. The van der Waals surface area contributed by atoms with Crippen LogP contribution >= 0.6 is 12.2 Å². The molecule has 0 unspecified atom stereocenters. The van der Waals surface area contributed by atoms with Crippen LogP contribution in [0.3, 0.4) is 0 Å². The van der Waals surface area contributed by atoms with Gasteiger partial charge in [-0.05, 0) is 85.1 Å². The minimum absolute atomic E-state index is 0.0385. The van der Waals surface area contributed by atoms with Gasteiger partial charge in [0, 0.05) is 22.5 Å². The van der Waals surface area contributed by atoms with Crippen molar-refractivity contribution in [3.05, 3.63) is 94.5 Å². The maximum Gasteiger partial charge on any atom is 0.257 e. The van der Waals surface area contributed by atoms with Gasteiger partial charge in [0.1, 0.15) is 0 Å². The molecule has 0 atom stereocenters. The monoisotopic (exact) mass is 459 g/mol. The van der Waals surface area contributed by atoms with Gasteiger partial charge in [-0.25, -0.2) is 0 Å². The molecule has 5 nitrogen and oxygen atoms in total. The number of amides is 2. The minimum Gasteiger partial charge on any atom is -0.332 e. The SMILES string of the molecule is Cc1ccc(C(=O)NC(=S)Nc2ccc(NC(=O)c3ccc(C(C)(C)C)cc3)cc2)c(C)c1. The summed E-state index contributed by atoms with van der Waals surface area (Å²) in [5.41, 5.74) is 5.75. The molecule has 0 saturated carbocycles. The number of carbonyl (C=O) groups is 2. The van der Waals surface area contributed by atoms with Gasteiger partial charge in [-0.2, -0.15) is 0 Å². The van der Waals surface area contributed by atoms with E-state index in [0.29, 0.717) is 22.5 Å². The summed E-state index contributed by atoms with van der Waals surface area (Å²) in [5, 5.41) is 8.79. The third-order valence-electron chi connectivity index (χ3n) is 5.27. The first-order chi connectivity index (χ1) is 15.5. The Hall–Kier alpha value is -3.51. The van der Waals surface area contributed by atoms with Crippen LogP contribution in [0.4, 0.5) is 11.4 Å². The lowest BCUT2D eigenvalue weighted by molar-refractivity contribution is 0.0975. The van der Waals surface area contributed by atoms with Crippen LogP contribution in [-0.2, 0) is 5.41 Å². The van der Waals surface area contributed by atoms with Crippen LogP contribution in [0.1, 0.15) is 58.2 Å². The second-order valence-corrected chi connectivity index (χ2v) is 9.49. The van der Waals surface area contributed by atoms with Gasteiger partial charge in [0.15, 0.2) is 5.11 Å². The Morgan fingerprint density at radius 1 is 0.758 bits per heavy atom. The Morgan fingerprint density at radius 3 is 1.88 bits per heavy atom. The summed E-state index contributed by atoms with van der Waals surface area (Å²) >= 11 is 5.27. The first-order valence-electron chi connectivity index (χ1n) is 10.7. The Labute approximate surface area is 200 Å². The zero-order valence-electron chi connectivity index (χ0n) is 19.6. The summed E-state index contributed by atoms with van der Waals surface area (Å²) in [7, 11) is 0. The first kappa shape index (κ1) is 24.1. The third-order valence-corrected chi connectivity index (χ3v) is 5.47. The fourth-order valence-electron chi connectivity index (χ4n) is 3.36. The fourth-order valence-corrected chi connectivity index (χ4v) is 3.57. The first-order valence-corrected chi connectivity index (χ1v) is 11.2. The molecule has 33 heavy (non-hydrogen) atoms. The van der Waals surface area contributed by atoms with Gasteiger partial charge < -0.3 is 10.6 Å². The number of anilines is 2. The van der Waals surface area contributed by atoms with E-state index in [4.69, 9.17) is 12.2 Å². The third kappa shape index (κ3) is 6.49. The number of carbonyl (C=O) groups excluding carboxylic acids is 2. The van der Waals surface area contributed by atoms with Crippen molar-refractivity contribution >= 4 is 40.5 Å². The van der Waals surface area contributed by atoms with Crippen molar-refractivity contribution < 1.29 is 9.59 Å². The molecule has 0 spiro atoms. The fraction of sp³-hybridized carbons (Fsp3) is 0.222. The van der Waals surface area contributed by atoms with Gasteiger partial charge >= 0.3 is 0 Å². The molecular weight excluding hydrogens is 430 g/mol. The number of benzene rings is 3. The number of rotatable bonds is 4. The van der Waals surface area contributed by atoms with Crippen LogP contribution in [0.5, 0.6) is 0 Å². The molecule has 3 N–H and O–H groups in total. The highest BCUT2D eigenvalue weighted by atomic mass is 32.1. The van der Waals surface area contributed by atoms with Crippen molar-refractivity contribution in [1.82, 2.24) is 5.32 Å². The smallest absolute Gasteiger partial charge is 0.257 e. The van der Waals surface area contributed by atoms with Gasteiger partial charge in [-0.1, -0.05) is 50.6 Å². The predicted octanol–water partition coefficient (Wildman–Crippen LogP) is 5.98. The molecular formula is C27H29N3O2S. The average molecular weight is 460 g/mol. The maximum absolute atomic E-state index is 12.5. The van der Waals surface area contributed by atoms with Crippen LogP contribution < -0.4 is 16.0 Å². The summed E-state index contributed by atoms with van der Waals surface area (Å²) < 4.78 is 0. The van der Waals surface area contributed by atoms with Crippen LogP contribution in [-0.4, -0.2) is 16.9 Å². The van der Waals surface area contributed by atoms with Gasteiger partial charge in [0.05, 0.1) is 0 Å². The topological polar surface area (TPSA) is 70.2 Å². The summed E-state index contributed by atoms with van der Waals surface area (Å²) in [6, 6.07) is 20.4. The van der Waals surface area contributed by atoms with E-state index in [0.717, 1.165) is 11.1 Å². The number of nitrogens with one attached hydrogen (secondary N) is 3. The number of hydrogen-bond acceptors (Lipinski definition) is 3. The Kier molecular flexibility index (Phi) is 7.29. The second kappa shape index (κ2) is 9.96. The molecule has 3 aromatic carbocycles. The molecule has 170 valence electrons. The highest BCUT2D eigenvalue weighted by Crippen LogP contribution is 2.22. The predicted molar refractivity (Wildman–Crippen MR) is 139 cm³/mol. The number of thiocarbonyl (C=S) groups is 1. The van der Waals surface area contributed by atoms with E-state index in [1.54, 1.807) is 30.3 Å². The van der Waals surface area contributed by atoms with Gasteiger partial charge in [-0.3, -0.25) is 14.9 Å². The Morgan fingerprint density at radius 2 is 1.33 bits per heavy atom. The minimum atomic E-state index is -0.258. The Balaban J connectivity index is 1.57. The van der Waals surface area contributed by atoms with E-state index >= 15 is 0 Å². The zero-order chi connectivity index (χ0) is 24.2. The Bertz CT molecular complexity index is 1180. The lowest BCUT2D eigenvalue weighted by Gasteiger charge is -2.19. The van der Waals surface area contributed by atoms with Crippen molar-refractivity contribution in [3.8, 4) is 0 Å². The van der Waals surface area contributed by atoms with Crippen LogP contribution in [0.25, 0.3) is 0 Å². The van der Waals surface area contributed by atoms with E-state index in [9.17, 15) is 9.59 Å². The highest BCUT2D eigenvalue weighted by molar-refractivity contribution is 7.80. The quantitative estimate of drug-likeness (QED) is 0.420. The standard InChI is InChI=1S/C27H29N3O2S/c1-17-6-15-23(18(2)16-17)25(32)30-26(33)29-22-13-11-21(12-14-22)28-24(31)19-7-9-20(10-8-19)27(3,4)5/h6-16H,1-5H3,(H,28,31)(H2,29,30,32,33). The summed E-state index contributed by atoms with van der Waals surface area (Å²) in [6.45, 7) is 10.3. The maximum atomic E-state index is 12.5. The summed E-state index contributed by atoms with van der Waals surface area (Å²) in [5.74, 6) is -0.432. The van der Waals surface area contributed by atoms with Crippen molar-refractivity contribution in [2.24, 2.45) is 0 Å². The van der Waals surface area contributed by atoms with E-state index in [-0.39, 0.29) is 22.3 Å². The van der Waals surface area contributed by atoms with Crippen LogP contribution in [0, 0.1) is 13.8 Å². The van der Waals surface area contributed by atoms with Gasteiger partial charge in [0.25, 0.3) is 11.8 Å². The molecule has 0 bridgehead atoms. The normalized spacial score (nSPS) is 10.9. The number of hydrogen-bond donors (Lipinski definition) is 3. The largest absolute Gasteiger partial charge is 0.332 e. The van der Waals surface area contributed by atoms with Crippen LogP contribution in [0.2, 0.25) is 0 Å². The highest BCUT2D eigenvalue weighted by Gasteiger charge is 2.15. The second-order valence-electron chi connectivity index (χ2n) is 9.09. The molecule has 3 rings (SSSR count). The van der Waals surface area contributed by atoms with E-state index < -0.39 is 0 Å². The zero-order valence-corrected chi connectivity index (χ0v) is 20.4. The summed E-state index contributed by atoms with van der Waals surface area (Å²) in [4.78, 5) is 25.0. The number of aryl methyl sites for hydroxylation is 2. The van der Waals surface area contributed by atoms with E-state index in [1.165, 1.54) is 5.56 Å². The molecule has 0 aromatic heterocycles. The van der Waals surface area contributed by atoms with Crippen LogP contribution in [0.15, 0.2) is 66.7 Å². The molecule has 2 amide bonds. The lowest BCUT2D eigenvalue weighted by atomic mass is 9.87. The molecule has 0 aliphatic rings. The molecule has 6 heteroatoms. The molecule has 0 aliphatic carbocycles. The molecule has 0 heterocycles. The van der Waals surface area contributed by atoms with Crippen molar-refractivity contribution in [3.63, 3.8) is 0 Å². The molecule has 0 fully saturated rings. The van der Waals surface area contributed by atoms with E-state index in [2.05, 4.69) is 36.7 Å². The lowest BCUT2D eigenvalue weighted by Crippen LogP contribution is -2.34. The van der Waals surface area contributed by atoms with Crippen molar-refractivity contribution in [2.75, 3.05) is 10.6 Å². The summed E-state index contributed by atoms with van der Waals surface area (Å²) in [6.07, 6.45) is 0. The van der Waals surface area contributed by atoms with Gasteiger partial charge in [0.2, 0.25) is 0 Å². The molecule has 0 saturated heterocycles. The molecule has 3 aromatic rings. The molecule has 0 aliphatic heterocycles. The van der Waals surface area contributed by atoms with E-state index in [1.807, 2.05) is 50.2 Å². The molecule has 0 radical (unpaired) electrons. The van der Waals surface area contributed by atoms with Crippen molar-refractivity contribution in [1.29, 1.82) is 0 Å².